The number of nitrogens with one attached hydrogen (secondary N) is 1. The van der Waals surface area contributed by atoms with Gasteiger partial charge in [0, 0.05) is 6.42 Å². The van der Waals surface area contributed by atoms with Gasteiger partial charge in [-0.2, -0.15) is 0 Å². The van der Waals surface area contributed by atoms with Crippen molar-refractivity contribution in [3.05, 3.63) is 28.8 Å². The van der Waals surface area contributed by atoms with Crippen molar-refractivity contribution in [2.45, 2.75) is 19.8 Å². The van der Waals surface area contributed by atoms with E-state index in [4.69, 9.17) is 17.3 Å². The highest BCUT2D eigenvalue weighted by atomic mass is 35.5. The monoisotopic (exact) mass is 226 g/mol. The number of carbonyl (C=O) groups is 1. The molecule has 0 aliphatic rings. The van der Waals surface area contributed by atoms with Gasteiger partial charge in [0.05, 0.1) is 10.7 Å². The third kappa shape index (κ3) is 3.90. The van der Waals surface area contributed by atoms with Crippen molar-refractivity contribution < 1.29 is 4.79 Å². The Morgan fingerprint density at radius 2 is 2.27 bits per heavy atom. The predicted octanol–water partition coefficient (Wildman–Crippen LogP) is 2.33. The number of rotatable bonds is 4. The molecular weight excluding hydrogens is 212 g/mol. The van der Waals surface area contributed by atoms with Crippen LogP contribution in [-0.4, -0.2) is 12.5 Å². The molecule has 15 heavy (non-hydrogen) atoms. The molecule has 0 fully saturated rings. The third-order valence-corrected chi connectivity index (χ3v) is 2.32. The van der Waals surface area contributed by atoms with Gasteiger partial charge in [-0.05, 0) is 37.6 Å². The van der Waals surface area contributed by atoms with E-state index in [9.17, 15) is 4.79 Å². The lowest BCUT2D eigenvalue weighted by Gasteiger charge is -2.07. The summed E-state index contributed by atoms with van der Waals surface area (Å²) in [7, 11) is 0. The van der Waals surface area contributed by atoms with E-state index in [1.54, 1.807) is 6.07 Å². The largest absolute Gasteiger partial charge is 0.330 e. The molecule has 0 spiro atoms. The zero-order chi connectivity index (χ0) is 11.3. The third-order valence-electron chi connectivity index (χ3n) is 2.01. The van der Waals surface area contributed by atoms with E-state index in [2.05, 4.69) is 5.32 Å². The maximum atomic E-state index is 11.4. The topological polar surface area (TPSA) is 55.1 Å². The zero-order valence-electron chi connectivity index (χ0n) is 8.72. The van der Waals surface area contributed by atoms with Crippen molar-refractivity contribution in [3.8, 4) is 0 Å². The van der Waals surface area contributed by atoms with Crippen molar-refractivity contribution in [3.63, 3.8) is 0 Å². The molecule has 0 atom stereocenters. The summed E-state index contributed by atoms with van der Waals surface area (Å²) < 4.78 is 0. The minimum absolute atomic E-state index is 0.0498. The van der Waals surface area contributed by atoms with Crippen molar-refractivity contribution in [1.29, 1.82) is 0 Å². The summed E-state index contributed by atoms with van der Waals surface area (Å²) in [4.78, 5) is 11.4. The van der Waals surface area contributed by atoms with Gasteiger partial charge in [0.15, 0.2) is 0 Å². The first-order valence-electron chi connectivity index (χ1n) is 4.89. The fourth-order valence-electron chi connectivity index (χ4n) is 1.20. The van der Waals surface area contributed by atoms with Crippen LogP contribution < -0.4 is 11.1 Å². The molecule has 0 aliphatic carbocycles. The van der Waals surface area contributed by atoms with E-state index in [1.807, 2.05) is 19.1 Å². The first kappa shape index (κ1) is 12.0. The van der Waals surface area contributed by atoms with Crippen LogP contribution in [0.2, 0.25) is 5.02 Å². The van der Waals surface area contributed by atoms with Crippen molar-refractivity contribution in [2.24, 2.45) is 5.73 Å². The van der Waals surface area contributed by atoms with Crippen LogP contribution in [0.15, 0.2) is 18.2 Å². The Kier molecular flexibility index (Phi) is 4.59. The van der Waals surface area contributed by atoms with Crippen molar-refractivity contribution >= 4 is 23.2 Å². The van der Waals surface area contributed by atoms with E-state index in [-0.39, 0.29) is 5.91 Å². The molecule has 3 nitrogen and oxygen atoms in total. The number of amides is 1. The summed E-state index contributed by atoms with van der Waals surface area (Å²) >= 11 is 5.97. The van der Waals surface area contributed by atoms with Crippen molar-refractivity contribution in [1.82, 2.24) is 0 Å². The highest BCUT2D eigenvalue weighted by Gasteiger charge is 2.04. The molecule has 0 aromatic heterocycles. The van der Waals surface area contributed by atoms with Gasteiger partial charge >= 0.3 is 0 Å². The summed E-state index contributed by atoms with van der Waals surface area (Å²) in [5.74, 6) is -0.0498. The molecule has 0 aliphatic heterocycles. The zero-order valence-corrected chi connectivity index (χ0v) is 9.47. The standard InChI is InChI=1S/C11H15ClN2O/c1-8-4-5-10(9(12)7-8)14-11(15)3-2-6-13/h4-5,7H,2-3,6,13H2,1H3,(H,14,15). The molecule has 1 amide bonds. The predicted molar refractivity (Wildman–Crippen MR) is 63.1 cm³/mol. The van der Waals surface area contributed by atoms with Crippen LogP contribution in [0.1, 0.15) is 18.4 Å². The highest BCUT2D eigenvalue weighted by Crippen LogP contribution is 2.22. The number of nitrogens with two attached hydrogens (primary N) is 1. The van der Waals surface area contributed by atoms with Gasteiger partial charge in [0.2, 0.25) is 5.91 Å². The van der Waals surface area contributed by atoms with Gasteiger partial charge in [-0.3, -0.25) is 4.79 Å². The normalized spacial score (nSPS) is 10.1. The second kappa shape index (κ2) is 5.73. The molecule has 0 radical (unpaired) electrons. The molecule has 0 saturated heterocycles. The second-order valence-corrected chi connectivity index (χ2v) is 3.83. The summed E-state index contributed by atoms with van der Waals surface area (Å²) in [6.07, 6.45) is 1.12. The number of hydrogen-bond donors (Lipinski definition) is 2. The first-order valence-corrected chi connectivity index (χ1v) is 5.27. The molecule has 1 rings (SSSR count). The molecular formula is C11H15ClN2O. The molecule has 0 heterocycles. The smallest absolute Gasteiger partial charge is 0.224 e. The van der Waals surface area contributed by atoms with Crippen LogP contribution in [-0.2, 0) is 4.79 Å². The number of halogens is 1. The number of aryl methyl sites for hydroxylation is 1. The summed E-state index contributed by atoms with van der Waals surface area (Å²) in [6, 6.07) is 5.53. The summed E-state index contributed by atoms with van der Waals surface area (Å²) in [5, 5.41) is 3.31. The van der Waals surface area contributed by atoms with Gasteiger partial charge in [-0.15, -0.1) is 0 Å². The van der Waals surface area contributed by atoms with Crippen LogP contribution >= 0.6 is 11.6 Å². The number of carbonyl (C=O) groups excluding carboxylic acids is 1. The van der Waals surface area contributed by atoms with Crippen molar-refractivity contribution in [2.75, 3.05) is 11.9 Å². The van der Waals surface area contributed by atoms with E-state index in [0.29, 0.717) is 30.1 Å². The number of anilines is 1. The number of hydrogen-bond acceptors (Lipinski definition) is 2. The Morgan fingerprint density at radius 1 is 1.53 bits per heavy atom. The Hall–Kier alpha value is -1.06. The Morgan fingerprint density at radius 3 is 2.87 bits per heavy atom. The van der Waals surface area contributed by atoms with Gasteiger partial charge in [0.25, 0.3) is 0 Å². The maximum Gasteiger partial charge on any atom is 0.224 e. The SMILES string of the molecule is Cc1ccc(NC(=O)CCCN)c(Cl)c1. The van der Waals surface area contributed by atoms with E-state index in [0.717, 1.165) is 5.56 Å². The molecule has 3 N–H and O–H groups in total. The molecule has 4 heteroatoms. The molecule has 0 unspecified atom stereocenters. The summed E-state index contributed by atoms with van der Waals surface area (Å²) in [6.45, 7) is 2.47. The van der Waals surface area contributed by atoms with E-state index < -0.39 is 0 Å². The van der Waals surface area contributed by atoms with Crippen LogP contribution in [0.5, 0.6) is 0 Å². The average molecular weight is 227 g/mol. The van der Waals surface area contributed by atoms with Gasteiger partial charge in [0.1, 0.15) is 0 Å². The second-order valence-electron chi connectivity index (χ2n) is 3.42. The quantitative estimate of drug-likeness (QED) is 0.828. The molecule has 1 aromatic rings. The molecule has 1 aromatic carbocycles. The maximum absolute atomic E-state index is 11.4. The van der Waals surface area contributed by atoms with Crippen LogP contribution in [0.25, 0.3) is 0 Å². The van der Waals surface area contributed by atoms with Crippen LogP contribution in [0.4, 0.5) is 5.69 Å². The first-order chi connectivity index (χ1) is 7.13. The van der Waals surface area contributed by atoms with Gasteiger partial charge < -0.3 is 11.1 Å². The van der Waals surface area contributed by atoms with Crippen LogP contribution in [0.3, 0.4) is 0 Å². The fourth-order valence-corrected chi connectivity index (χ4v) is 1.48. The lowest BCUT2D eigenvalue weighted by Crippen LogP contribution is -2.13. The minimum atomic E-state index is -0.0498. The lowest BCUT2D eigenvalue weighted by molar-refractivity contribution is -0.116. The highest BCUT2D eigenvalue weighted by molar-refractivity contribution is 6.33. The Bertz CT molecular complexity index is 352. The molecule has 82 valence electrons. The average Bonchev–Trinajstić information content (AvgIpc) is 2.19. The molecule has 0 bridgehead atoms. The van der Waals surface area contributed by atoms with Gasteiger partial charge in [-0.1, -0.05) is 17.7 Å². The molecule has 0 saturated carbocycles. The fraction of sp³-hybridized carbons (Fsp3) is 0.364. The van der Waals surface area contributed by atoms with Gasteiger partial charge in [-0.25, -0.2) is 0 Å². The van der Waals surface area contributed by atoms with Crippen LogP contribution in [0, 0.1) is 6.92 Å². The number of benzene rings is 1. The Labute approximate surface area is 94.6 Å². The lowest BCUT2D eigenvalue weighted by atomic mass is 10.2. The minimum Gasteiger partial charge on any atom is -0.330 e. The Balaban J connectivity index is 2.60. The van der Waals surface area contributed by atoms with E-state index in [1.165, 1.54) is 0 Å². The van der Waals surface area contributed by atoms with E-state index >= 15 is 0 Å². The summed E-state index contributed by atoms with van der Waals surface area (Å²) in [5.41, 5.74) is 7.04.